The van der Waals surface area contributed by atoms with Crippen molar-refractivity contribution in [2.45, 2.75) is 20.4 Å². The van der Waals surface area contributed by atoms with Gasteiger partial charge in [0.1, 0.15) is 5.82 Å². The Morgan fingerprint density at radius 2 is 2.11 bits per heavy atom. The molecular formula is C14H16N4O. The molecule has 0 saturated heterocycles. The number of amides is 1. The van der Waals surface area contributed by atoms with Crippen molar-refractivity contribution < 1.29 is 4.79 Å². The summed E-state index contributed by atoms with van der Waals surface area (Å²) >= 11 is 0. The first kappa shape index (κ1) is 13.0. The van der Waals surface area contributed by atoms with Gasteiger partial charge in [-0.1, -0.05) is 6.07 Å². The summed E-state index contributed by atoms with van der Waals surface area (Å²) in [6.07, 6.45) is 1.67. The van der Waals surface area contributed by atoms with Gasteiger partial charge in [0.05, 0.1) is 12.2 Å². The van der Waals surface area contributed by atoms with Gasteiger partial charge in [0.2, 0.25) is 0 Å². The van der Waals surface area contributed by atoms with Crippen LogP contribution in [0.4, 0.5) is 5.69 Å². The zero-order chi connectivity index (χ0) is 13.8. The molecule has 5 heteroatoms. The third-order valence-electron chi connectivity index (χ3n) is 2.81. The molecule has 2 rings (SSSR count). The maximum absolute atomic E-state index is 12.0. The van der Waals surface area contributed by atoms with Crippen LogP contribution in [-0.2, 0) is 6.54 Å². The molecular weight excluding hydrogens is 240 g/mol. The highest BCUT2D eigenvalue weighted by Crippen LogP contribution is 2.12. The minimum Gasteiger partial charge on any atom is -0.398 e. The number of rotatable bonds is 3. The van der Waals surface area contributed by atoms with Crippen molar-refractivity contribution in [1.29, 1.82) is 0 Å². The van der Waals surface area contributed by atoms with E-state index in [0.29, 0.717) is 23.6 Å². The zero-order valence-electron chi connectivity index (χ0n) is 11.0. The Labute approximate surface area is 111 Å². The number of nitrogen functional groups attached to an aromatic ring is 1. The molecule has 0 unspecified atom stereocenters. The molecule has 0 bridgehead atoms. The van der Waals surface area contributed by atoms with E-state index in [1.54, 1.807) is 24.4 Å². The average Bonchev–Trinajstić information content (AvgIpc) is 2.39. The van der Waals surface area contributed by atoms with Crippen molar-refractivity contribution in [2.24, 2.45) is 0 Å². The molecule has 0 aliphatic heterocycles. The Morgan fingerprint density at radius 3 is 2.79 bits per heavy atom. The molecule has 0 aliphatic rings. The number of nitrogens with zero attached hydrogens (tertiary/aromatic N) is 2. The third-order valence-corrected chi connectivity index (χ3v) is 2.81. The lowest BCUT2D eigenvalue weighted by Crippen LogP contribution is -2.23. The number of aryl methyl sites for hydroxylation is 2. The molecule has 0 spiro atoms. The van der Waals surface area contributed by atoms with Gasteiger partial charge in [0, 0.05) is 17.4 Å². The van der Waals surface area contributed by atoms with Crippen LogP contribution in [0.25, 0.3) is 0 Å². The first-order chi connectivity index (χ1) is 9.06. The molecule has 19 heavy (non-hydrogen) atoms. The van der Waals surface area contributed by atoms with Crippen LogP contribution in [0, 0.1) is 13.8 Å². The minimum atomic E-state index is -0.164. The van der Waals surface area contributed by atoms with Gasteiger partial charge in [-0.15, -0.1) is 0 Å². The van der Waals surface area contributed by atoms with Crippen LogP contribution in [0.2, 0.25) is 0 Å². The highest BCUT2D eigenvalue weighted by Gasteiger charge is 2.07. The first-order valence-corrected chi connectivity index (χ1v) is 5.99. The summed E-state index contributed by atoms with van der Waals surface area (Å²) in [5.74, 6) is 0.522. The largest absolute Gasteiger partial charge is 0.398 e. The molecule has 1 heterocycles. The number of hydrogen-bond donors (Lipinski definition) is 2. The van der Waals surface area contributed by atoms with Crippen molar-refractivity contribution in [3.63, 3.8) is 0 Å². The van der Waals surface area contributed by atoms with Gasteiger partial charge in [-0.05, 0) is 37.6 Å². The fraction of sp³-hybridized carbons (Fsp3) is 0.214. The van der Waals surface area contributed by atoms with Crippen molar-refractivity contribution in [3.05, 3.63) is 53.1 Å². The molecule has 0 fully saturated rings. The van der Waals surface area contributed by atoms with E-state index in [2.05, 4.69) is 15.3 Å². The molecule has 2 aromatic rings. The summed E-state index contributed by atoms with van der Waals surface area (Å²) in [5, 5.41) is 2.80. The molecule has 0 radical (unpaired) electrons. The van der Waals surface area contributed by atoms with Gasteiger partial charge in [-0.3, -0.25) is 4.79 Å². The number of carbonyl (C=O) groups excluding carboxylic acids is 1. The van der Waals surface area contributed by atoms with Crippen LogP contribution in [-0.4, -0.2) is 15.9 Å². The van der Waals surface area contributed by atoms with Gasteiger partial charge >= 0.3 is 0 Å². The van der Waals surface area contributed by atoms with Gasteiger partial charge in [-0.2, -0.15) is 0 Å². The Balaban J connectivity index is 2.03. The molecule has 98 valence electrons. The van der Waals surface area contributed by atoms with E-state index in [1.807, 2.05) is 19.9 Å². The van der Waals surface area contributed by atoms with Gasteiger partial charge in [-0.25, -0.2) is 9.97 Å². The Hall–Kier alpha value is -2.43. The van der Waals surface area contributed by atoms with E-state index in [4.69, 9.17) is 5.73 Å². The summed E-state index contributed by atoms with van der Waals surface area (Å²) in [7, 11) is 0. The summed E-state index contributed by atoms with van der Waals surface area (Å²) in [6, 6.07) is 7.04. The number of aromatic nitrogens is 2. The molecule has 1 aromatic heterocycles. The maximum atomic E-state index is 12.0. The van der Waals surface area contributed by atoms with E-state index >= 15 is 0 Å². The lowest BCUT2D eigenvalue weighted by atomic mass is 10.1. The summed E-state index contributed by atoms with van der Waals surface area (Å²) in [6.45, 7) is 4.09. The molecule has 1 amide bonds. The summed E-state index contributed by atoms with van der Waals surface area (Å²) in [5.41, 5.74) is 8.69. The topological polar surface area (TPSA) is 80.9 Å². The quantitative estimate of drug-likeness (QED) is 0.817. The number of anilines is 1. The SMILES string of the molecule is Cc1nccc(CNC(=O)c2ccc(C)c(N)c2)n1. The lowest BCUT2D eigenvalue weighted by molar-refractivity contribution is 0.0950. The Bertz CT molecular complexity index is 610. The number of carbonyl (C=O) groups is 1. The van der Waals surface area contributed by atoms with Crippen LogP contribution in [0.3, 0.4) is 0 Å². The molecule has 3 N–H and O–H groups in total. The molecule has 0 atom stereocenters. The van der Waals surface area contributed by atoms with E-state index < -0.39 is 0 Å². The monoisotopic (exact) mass is 256 g/mol. The van der Waals surface area contributed by atoms with Crippen LogP contribution in [0.5, 0.6) is 0 Å². The number of hydrogen-bond acceptors (Lipinski definition) is 4. The summed E-state index contributed by atoms with van der Waals surface area (Å²) < 4.78 is 0. The average molecular weight is 256 g/mol. The number of benzene rings is 1. The van der Waals surface area contributed by atoms with E-state index in [9.17, 15) is 4.79 Å². The Kier molecular flexibility index (Phi) is 3.75. The molecule has 1 aromatic carbocycles. The van der Waals surface area contributed by atoms with Gasteiger partial charge < -0.3 is 11.1 Å². The minimum absolute atomic E-state index is 0.164. The normalized spacial score (nSPS) is 10.2. The van der Waals surface area contributed by atoms with Crippen LogP contribution < -0.4 is 11.1 Å². The number of nitrogens with one attached hydrogen (secondary N) is 1. The second-order valence-corrected chi connectivity index (χ2v) is 4.35. The molecule has 5 nitrogen and oxygen atoms in total. The molecule has 0 saturated carbocycles. The summed E-state index contributed by atoms with van der Waals surface area (Å²) in [4.78, 5) is 20.2. The zero-order valence-corrected chi connectivity index (χ0v) is 11.0. The number of nitrogens with two attached hydrogens (primary N) is 1. The standard InChI is InChI=1S/C14H16N4O/c1-9-3-4-11(7-13(9)15)14(19)17-8-12-5-6-16-10(2)18-12/h3-7H,8,15H2,1-2H3,(H,17,19). The highest BCUT2D eigenvalue weighted by molar-refractivity contribution is 5.95. The van der Waals surface area contributed by atoms with Crippen LogP contribution in [0.1, 0.15) is 27.4 Å². The van der Waals surface area contributed by atoms with Crippen molar-refractivity contribution in [3.8, 4) is 0 Å². The van der Waals surface area contributed by atoms with Gasteiger partial charge in [0.15, 0.2) is 0 Å². The van der Waals surface area contributed by atoms with Crippen molar-refractivity contribution in [1.82, 2.24) is 15.3 Å². The fourth-order valence-corrected chi connectivity index (χ4v) is 1.66. The fourth-order valence-electron chi connectivity index (χ4n) is 1.66. The predicted octanol–water partition coefficient (Wildman–Crippen LogP) is 1.61. The van der Waals surface area contributed by atoms with Crippen LogP contribution >= 0.6 is 0 Å². The molecule has 0 aliphatic carbocycles. The Morgan fingerprint density at radius 1 is 1.32 bits per heavy atom. The third kappa shape index (κ3) is 3.28. The maximum Gasteiger partial charge on any atom is 0.251 e. The van der Waals surface area contributed by atoms with Gasteiger partial charge in [0.25, 0.3) is 5.91 Å². The second-order valence-electron chi connectivity index (χ2n) is 4.35. The smallest absolute Gasteiger partial charge is 0.251 e. The predicted molar refractivity (Wildman–Crippen MR) is 73.5 cm³/mol. The van der Waals surface area contributed by atoms with Crippen LogP contribution in [0.15, 0.2) is 30.5 Å². The van der Waals surface area contributed by atoms with Crippen molar-refractivity contribution in [2.75, 3.05) is 5.73 Å². The lowest BCUT2D eigenvalue weighted by Gasteiger charge is -2.07. The van der Waals surface area contributed by atoms with E-state index in [0.717, 1.165) is 11.3 Å². The van der Waals surface area contributed by atoms with Crippen molar-refractivity contribution >= 4 is 11.6 Å². The highest BCUT2D eigenvalue weighted by atomic mass is 16.1. The van der Waals surface area contributed by atoms with E-state index in [-0.39, 0.29) is 5.91 Å². The second kappa shape index (κ2) is 5.48. The first-order valence-electron chi connectivity index (χ1n) is 5.99. The van der Waals surface area contributed by atoms with E-state index in [1.165, 1.54) is 0 Å².